The van der Waals surface area contributed by atoms with Crippen LogP contribution in [-0.2, 0) is 0 Å². The number of benzene rings is 2. The molecule has 0 unspecified atom stereocenters. The molecule has 0 radical (unpaired) electrons. The van der Waals surface area contributed by atoms with Gasteiger partial charge in [-0.15, -0.1) is 0 Å². The van der Waals surface area contributed by atoms with Crippen molar-refractivity contribution in [2.75, 3.05) is 35.7 Å². The zero-order chi connectivity index (χ0) is 20.6. The molecule has 3 aromatic rings. The average molecular weight is 390 g/mol. The molecule has 0 aliphatic heterocycles. The molecular formula is C23H26N4O2. The smallest absolute Gasteiger partial charge is 0.255 e. The van der Waals surface area contributed by atoms with Gasteiger partial charge in [0, 0.05) is 48.0 Å². The molecule has 2 N–H and O–H groups in total. The van der Waals surface area contributed by atoms with Gasteiger partial charge in [0.1, 0.15) is 11.6 Å². The predicted octanol–water partition coefficient (Wildman–Crippen LogP) is 4.93. The van der Waals surface area contributed by atoms with E-state index in [1.807, 2.05) is 48.5 Å². The molecule has 29 heavy (non-hydrogen) atoms. The molecule has 0 aliphatic carbocycles. The fraction of sp³-hybridized carbons (Fsp3) is 0.217. The third-order valence-electron chi connectivity index (χ3n) is 4.62. The molecule has 0 atom stereocenters. The maximum absolute atomic E-state index is 12.7. The second-order valence-corrected chi connectivity index (χ2v) is 6.46. The Kier molecular flexibility index (Phi) is 6.68. The molecule has 0 saturated carbocycles. The van der Waals surface area contributed by atoms with Crippen LogP contribution in [0.4, 0.5) is 22.9 Å². The Balaban J connectivity index is 1.69. The van der Waals surface area contributed by atoms with Gasteiger partial charge < -0.3 is 20.3 Å². The van der Waals surface area contributed by atoms with Crippen molar-refractivity contribution in [1.29, 1.82) is 0 Å². The van der Waals surface area contributed by atoms with Crippen LogP contribution >= 0.6 is 0 Å². The van der Waals surface area contributed by atoms with E-state index in [9.17, 15) is 4.79 Å². The molecule has 0 spiro atoms. The zero-order valence-electron chi connectivity index (χ0n) is 17.0. The summed E-state index contributed by atoms with van der Waals surface area (Å²) in [6, 6.07) is 18.8. The third kappa shape index (κ3) is 5.25. The summed E-state index contributed by atoms with van der Waals surface area (Å²) in [6.07, 6.45) is 1.61. The number of hydrogen-bond donors (Lipinski definition) is 2. The monoisotopic (exact) mass is 390 g/mol. The van der Waals surface area contributed by atoms with Crippen molar-refractivity contribution in [3.63, 3.8) is 0 Å². The van der Waals surface area contributed by atoms with Crippen LogP contribution in [0.1, 0.15) is 24.2 Å². The number of amides is 1. The summed E-state index contributed by atoms with van der Waals surface area (Å²) in [5.41, 5.74) is 3.26. The van der Waals surface area contributed by atoms with Gasteiger partial charge in [-0.25, -0.2) is 4.98 Å². The number of carbonyl (C=O) groups excluding carboxylic acids is 1. The standard InChI is InChI=1S/C23H26N4O2/c1-4-27(5-2)20-11-9-18(10-12-20)26-23(28)17-13-14-24-22(15-17)25-19-7-6-8-21(16-19)29-3/h6-16H,4-5H2,1-3H3,(H,24,25)(H,26,28). The van der Waals surface area contributed by atoms with E-state index in [0.717, 1.165) is 35.9 Å². The first kappa shape index (κ1) is 20.2. The van der Waals surface area contributed by atoms with Crippen molar-refractivity contribution in [2.45, 2.75) is 13.8 Å². The van der Waals surface area contributed by atoms with Gasteiger partial charge in [0.25, 0.3) is 5.91 Å². The molecule has 6 heteroatoms. The average Bonchev–Trinajstić information content (AvgIpc) is 2.76. The lowest BCUT2D eigenvalue weighted by atomic mass is 10.2. The van der Waals surface area contributed by atoms with Gasteiger partial charge in [0.05, 0.1) is 7.11 Å². The molecular weight excluding hydrogens is 364 g/mol. The summed E-state index contributed by atoms with van der Waals surface area (Å²) in [5.74, 6) is 1.15. The Bertz CT molecular complexity index is 953. The van der Waals surface area contributed by atoms with Crippen molar-refractivity contribution in [3.8, 4) is 5.75 Å². The van der Waals surface area contributed by atoms with E-state index in [-0.39, 0.29) is 5.91 Å². The number of nitrogens with one attached hydrogen (secondary N) is 2. The SMILES string of the molecule is CCN(CC)c1ccc(NC(=O)c2ccnc(Nc3cccc(OC)c3)c2)cc1. The van der Waals surface area contributed by atoms with Gasteiger partial charge in [0.15, 0.2) is 0 Å². The number of hydrogen-bond acceptors (Lipinski definition) is 5. The number of nitrogens with zero attached hydrogens (tertiary/aromatic N) is 2. The van der Waals surface area contributed by atoms with Crippen molar-refractivity contribution in [1.82, 2.24) is 4.98 Å². The minimum Gasteiger partial charge on any atom is -0.497 e. The highest BCUT2D eigenvalue weighted by atomic mass is 16.5. The van der Waals surface area contributed by atoms with Gasteiger partial charge in [0.2, 0.25) is 0 Å². The summed E-state index contributed by atoms with van der Waals surface area (Å²) in [4.78, 5) is 19.2. The first-order valence-corrected chi connectivity index (χ1v) is 9.66. The summed E-state index contributed by atoms with van der Waals surface area (Å²) in [5, 5.41) is 6.13. The van der Waals surface area contributed by atoms with Gasteiger partial charge in [-0.3, -0.25) is 4.79 Å². The molecule has 1 aromatic heterocycles. The largest absolute Gasteiger partial charge is 0.497 e. The lowest BCUT2D eigenvalue weighted by Crippen LogP contribution is -2.21. The lowest BCUT2D eigenvalue weighted by Gasteiger charge is -2.21. The highest BCUT2D eigenvalue weighted by molar-refractivity contribution is 6.04. The summed E-state index contributed by atoms with van der Waals surface area (Å²) < 4.78 is 5.23. The number of rotatable bonds is 8. The molecule has 0 saturated heterocycles. The zero-order valence-corrected chi connectivity index (χ0v) is 17.0. The molecule has 6 nitrogen and oxygen atoms in total. The Morgan fingerprint density at radius 3 is 2.45 bits per heavy atom. The molecule has 0 aliphatic rings. The van der Waals surface area contributed by atoms with Crippen molar-refractivity contribution in [3.05, 3.63) is 72.4 Å². The Morgan fingerprint density at radius 1 is 1.00 bits per heavy atom. The number of pyridine rings is 1. The maximum atomic E-state index is 12.7. The van der Waals surface area contributed by atoms with Crippen LogP contribution in [0, 0.1) is 0 Å². The summed E-state index contributed by atoms with van der Waals surface area (Å²) >= 11 is 0. The first-order chi connectivity index (χ1) is 14.1. The molecule has 0 fully saturated rings. The second-order valence-electron chi connectivity index (χ2n) is 6.46. The minimum atomic E-state index is -0.184. The van der Waals surface area contributed by atoms with Crippen LogP contribution in [0.15, 0.2) is 66.9 Å². The van der Waals surface area contributed by atoms with E-state index in [4.69, 9.17) is 4.74 Å². The fourth-order valence-corrected chi connectivity index (χ4v) is 3.04. The predicted molar refractivity (Wildman–Crippen MR) is 118 cm³/mol. The highest BCUT2D eigenvalue weighted by Gasteiger charge is 2.09. The number of aromatic nitrogens is 1. The van der Waals surface area contributed by atoms with Crippen molar-refractivity contribution in [2.24, 2.45) is 0 Å². The van der Waals surface area contributed by atoms with Gasteiger partial charge in [-0.05, 0) is 62.4 Å². The van der Waals surface area contributed by atoms with Crippen molar-refractivity contribution >= 4 is 28.8 Å². The third-order valence-corrected chi connectivity index (χ3v) is 4.62. The second kappa shape index (κ2) is 9.59. The molecule has 0 bridgehead atoms. The molecule has 1 heterocycles. The number of ether oxygens (including phenoxy) is 1. The number of anilines is 4. The Labute approximate surface area is 171 Å². The molecule has 1 amide bonds. The van der Waals surface area contributed by atoms with E-state index in [1.165, 1.54) is 0 Å². The van der Waals surface area contributed by atoms with Crippen LogP contribution in [-0.4, -0.2) is 31.1 Å². The van der Waals surface area contributed by atoms with Crippen molar-refractivity contribution < 1.29 is 9.53 Å². The number of carbonyl (C=O) groups is 1. The van der Waals surface area contributed by atoms with E-state index in [0.29, 0.717) is 11.4 Å². The molecule has 3 rings (SSSR count). The number of methoxy groups -OCH3 is 1. The van der Waals surface area contributed by atoms with Crippen LogP contribution < -0.4 is 20.3 Å². The Morgan fingerprint density at radius 2 is 1.76 bits per heavy atom. The molecule has 2 aromatic carbocycles. The van der Waals surface area contributed by atoms with Gasteiger partial charge in [-0.2, -0.15) is 0 Å². The normalized spacial score (nSPS) is 10.3. The first-order valence-electron chi connectivity index (χ1n) is 9.66. The Hall–Kier alpha value is -3.54. The highest BCUT2D eigenvalue weighted by Crippen LogP contribution is 2.22. The topological polar surface area (TPSA) is 66.5 Å². The summed E-state index contributed by atoms with van der Waals surface area (Å²) in [7, 11) is 1.62. The lowest BCUT2D eigenvalue weighted by molar-refractivity contribution is 0.102. The van der Waals surface area contributed by atoms with Crippen LogP contribution in [0.2, 0.25) is 0 Å². The van der Waals surface area contributed by atoms with E-state index in [1.54, 1.807) is 25.4 Å². The molecule has 150 valence electrons. The summed E-state index contributed by atoms with van der Waals surface area (Å²) in [6.45, 7) is 6.14. The van der Waals surface area contributed by atoms with Gasteiger partial charge in [-0.1, -0.05) is 6.07 Å². The fourth-order valence-electron chi connectivity index (χ4n) is 3.04. The van der Waals surface area contributed by atoms with Crippen LogP contribution in [0.3, 0.4) is 0 Å². The van der Waals surface area contributed by atoms with Crippen LogP contribution in [0.5, 0.6) is 5.75 Å². The van der Waals surface area contributed by atoms with Gasteiger partial charge >= 0.3 is 0 Å². The quantitative estimate of drug-likeness (QED) is 0.571. The van der Waals surface area contributed by atoms with E-state index in [2.05, 4.69) is 34.4 Å². The van der Waals surface area contributed by atoms with Crippen LogP contribution in [0.25, 0.3) is 0 Å². The minimum absolute atomic E-state index is 0.184. The maximum Gasteiger partial charge on any atom is 0.255 e. The van der Waals surface area contributed by atoms with E-state index >= 15 is 0 Å². The van der Waals surface area contributed by atoms with E-state index < -0.39 is 0 Å².